The van der Waals surface area contributed by atoms with E-state index in [0.29, 0.717) is 0 Å². The van der Waals surface area contributed by atoms with Crippen LogP contribution in [0.15, 0.2) is 126 Å². The van der Waals surface area contributed by atoms with Gasteiger partial charge in [0.1, 0.15) is 0 Å². The minimum atomic E-state index is -0.0307. The lowest BCUT2D eigenvalue weighted by molar-refractivity contribution is -0.539. The van der Waals surface area contributed by atoms with Gasteiger partial charge >= 0.3 is 0 Å². The van der Waals surface area contributed by atoms with Crippen molar-refractivity contribution >= 4 is 17.1 Å². The Morgan fingerprint density at radius 1 is 0.617 bits per heavy atom. The van der Waals surface area contributed by atoms with E-state index in [9.17, 15) is 0 Å². The first kappa shape index (κ1) is 31.4. The number of hydrogen-bond donors (Lipinski definition) is 0. The Kier molecular flexibility index (Phi) is 8.34. The first-order valence-corrected chi connectivity index (χ1v) is 17.5. The SMILES string of the molecule is CN1C(=C/C=C2\CCC/C(=C\C=C3/N(C)c4ccccc4C3(C)C)C2=[N+]2CCN(Cc3ccccc3)CC2)C(C)(C)c2ccccc21. The van der Waals surface area contributed by atoms with Crippen LogP contribution < -0.4 is 9.80 Å². The third kappa shape index (κ3) is 5.71. The maximum Gasteiger partial charge on any atom is 0.206 e. The van der Waals surface area contributed by atoms with Gasteiger partial charge in [-0.15, -0.1) is 0 Å². The van der Waals surface area contributed by atoms with E-state index in [1.54, 1.807) is 0 Å². The van der Waals surface area contributed by atoms with Crippen molar-refractivity contribution in [2.45, 2.75) is 64.3 Å². The molecule has 0 bridgehead atoms. The zero-order valence-corrected chi connectivity index (χ0v) is 29.3. The van der Waals surface area contributed by atoms with Gasteiger partial charge < -0.3 is 9.80 Å². The monoisotopic (exact) mass is 623 g/mol. The summed E-state index contributed by atoms with van der Waals surface area (Å²) in [6.07, 6.45) is 13.2. The molecule has 2 fully saturated rings. The van der Waals surface area contributed by atoms with Crippen molar-refractivity contribution in [3.63, 3.8) is 0 Å². The summed E-state index contributed by atoms with van der Waals surface area (Å²) in [5, 5.41) is 0. The summed E-state index contributed by atoms with van der Waals surface area (Å²) in [6.45, 7) is 14.8. The Bertz CT molecular complexity index is 1710. The largest absolute Gasteiger partial charge is 0.347 e. The number of anilines is 2. The fourth-order valence-electron chi connectivity index (χ4n) is 8.58. The number of para-hydroxylation sites is 2. The number of hydrogen-bond acceptors (Lipinski definition) is 3. The van der Waals surface area contributed by atoms with Crippen molar-refractivity contribution in [3.8, 4) is 0 Å². The number of piperazine rings is 1. The summed E-state index contributed by atoms with van der Waals surface area (Å²) in [6, 6.07) is 28.7. The highest BCUT2D eigenvalue weighted by Crippen LogP contribution is 2.48. The number of benzene rings is 3. The standard InChI is InChI=1S/C43H51N4/c1-42(2)35-19-10-12-21-37(35)44(5)39(42)25-23-33-17-14-18-34(24-26-40-43(3,4)36-20-11-13-22-38(36)45(40)6)41(33)47-29-27-46(28-30-47)31-32-15-8-7-9-16-32/h7-13,15-16,19-26H,14,17-18,27-31H2,1-6H3/q+1. The normalized spacial score (nSPS) is 24.1. The summed E-state index contributed by atoms with van der Waals surface area (Å²) >= 11 is 0. The van der Waals surface area contributed by atoms with Crippen LogP contribution in [0.4, 0.5) is 11.4 Å². The van der Waals surface area contributed by atoms with Crippen molar-refractivity contribution in [1.82, 2.24) is 4.90 Å². The molecule has 0 unspecified atom stereocenters. The summed E-state index contributed by atoms with van der Waals surface area (Å²) in [7, 11) is 4.45. The highest BCUT2D eigenvalue weighted by molar-refractivity contribution is 6.10. The molecule has 0 amide bonds. The molecule has 1 saturated heterocycles. The van der Waals surface area contributed by atoms with Gasteiger partial charge in [-0.2, -0.15) is 0 Å². The van der Waals surface area contributed by atoms with Crippen LogP contribution in [0, 0.1) is 0 Å². The van der Waals surface area contributed by atoms with Crippen molar-refractivity contribution in [2.75, 3.05) is 50.1 Å². The predicted octanol–water partition coefficient (Wildman–Crippen LogP) is 8.62. The Labute approximate surface area is 282 Å². The van der Waals surface area contributed by atoms with Gasteiger partial charge in [-0.1, -0.05) is 107 Å². The van der Waals surface area contributed by atoms with Crippen LogP contribution in [-0.4, -0.2) is 55.5 Å². The van der Waals surface area contributed by atoms with E-state index in [1.807, 2.05) is 0 Å². The molecule has 0 N–H and O–H groups in total. The van der Waals surface area contributed by atoms with Gasteiger partial charge in [0, 0.05) is 65.4 Å². The first-order valence-electron chi connectivity index (χ1n) is 17.5. The minimum absolute atomic E-state index is 0.0307. The Morgan fingerprint density at radius 2 is 1.09 bits per heavy atom. The molecule has 7 rings (SSSR count). The van der Waals surface area contributed by atoms with E-state index in [4.69, 9.17) is 0 Å². The zero-order valence-electron chi connectivity index (χ0n) is 29.3. The molecule has 0 spiro atoms. The van der Waals surface area contributed by atoms with E-state index in [0.717, 1.165) is 45.6 Å². The van der Waals surface area contributed by atoms with Gasteiger partial charge in [0.15, 0.2) is 13.1 Å². The van der Waals surface area contributed by atoms with E-state index >= 15 is 0 Å². The molecular formula is C43H51N4+. The molecule has 242 valence electrons. The quantitative estimate of drug-likeness (QED) is 0.270. The molecule has 3 aromatic rings. The molecule has 47 heavy (non-hydrogen) atoms. The summed E-state index contributed by atoms with van der Waals surface area (Å²) in [5.74, 6) is 0. The number of rotatable bonds is 4. The second-order valence-electron chi connectivity index (χ2n) is 14.8. The summed E-state index contributed by atoms with van der Waals surface area (Å²) < 4.78 is 2.70. The number of allylic oxidation sites excluding steroid dienone is 8. The molecule has 3 heterocycles. The minimum Gasteiger partial charge on any atom is -0.347 e. The average molecular weight is 624 g/mol. The van der Waals surface area contributed by atoms with Gasteiger partial charge in [0.05, 0.1) is 13.1 Å². The number of likely N-dealkylation sites (N-methyl/N-ethyl adjacent to an activating group) is 2. The van der Waals surface area contributed by atoms with E-state index < -0.39 is 0 Å². The molecule has 3 aromatic carbocycles. The van der Waals surface area contributed by atoms with Gasteiger partial charge in [-0.25, -0.2) is 4.58 Å². The molecular weight excluding hydrogens is 573 g/mol. The van der Waals surface area contributed by atoms with Crippen LogP contribution in [0.1, 0.15) is 63.6 Å². The van der Waals surface area contributed by atoms with Crippen molar-refractivity contribution in [2.24, 2.45) is 0 Å². The second kappa shape index (κ2) is 12.5. The van der Waals surface area contributed by atoms with Crippen LogP contribution in [0.2, 0.25) is 0 Å². The highest BCUT2D eigenvalue weighted by Gasteiger charge is 2.39. The van der Waals surface area contributed by atoms with Crippen LogP contribution in [0.3, 0.4) is 0 Å². The maximum atomic E-state index is 2.70. The Hall–Kier alpha value is -4.15. The molecule has 0 radical (unpaired) electrons. The van der Waals surface area contributed by atoms with E-state index in [2.05, 4.69) is 164 Å². The highest BCUT2D eigenvalue weighted by atomic mass is 15.2. The molecule has 1 saturated carbocycles. The molecule has 4 heteroatoms. The predicted molar refractivity (Wildman–Crippen MR) is 199 cm³/mol. The molecule has 0 atom stereocenters. The summed E-state index contributed by atoms with van der Waals surface area (Å²) in [5.41, 5.74) is 14.0. The molecule has 3 aliphatic heterocycles. The van der Waals surface area contributed by atoms with Gasteiger partial charge in [-0.05, 0) is 60.2 Å². The van der Waals surface area contributed by atoms with Gasteiger partial charge in [0.25, 0.3) is 0 Å². The average Bonchev–Trinajstić information content (AvgIpc) is 3.40. The molecule has 1 aliphatic carbocycles. The van der Waals surface area contributed by atoms with E-state index in [1.165, 1.54) is 62.7 Å². The Balaban J connectivity index is 1.25. The molecule has 0 aromatic heterocycles. The van der Waals surface area contributed by atoms with Crippen LogP contribution in [-0.2, 0) is 17.4 Å². The second-order valence-corrected chi connectivity index (χ2v) is 14.8. The van der Waals surface area contributed by atoms with Gasteiger partial charge in [-0.3, -0.25) is 4.90 Å². The van der Waals surface area contributed by atoms with Crippen molar-refractivity contribution < 1.29 is 4.58 Å². The van der Waals surface area contributed by atoms with Crippen LogP contribution in [0.25, 0.3) is 0 Å². The van der Waals surface area contributed by atoms with Crippen molar-refractivity contribution in [1.29, 1.82) is 0 Å². The lowest BCUT2D eigenvalue weighted by Gasteiger charge is -2.29. The third-order valence-electron chi connectivity index (χ3n) is 11.2. The topological polar surface area (TPSA) is 12.7 Å². The smallest absolute Gasteiger partial charge is 0.206 e. The van der Waals surface area contributed by atoms with E-state index in [-0.39, 0.29) is 10.8 Å². The van der Waals surface area contributed by atoms with Crippen LogP contribution in [0.5, 0.6) is 0 Å². The molecule has 4 aliphatic rings. The zero-order chi connectivity index (χ0) is 32.8. The Morgan fingerprint density at radius 3 is 1.57 bits per heavy atom. The lowest BCUT2D eigenvalue weighted by Crippen LogP contribution is -2.44. The lowest BCUT2D eigenvalue weighted by atomic mass is 9.82. The number of nitrogens with zero attached hydrogens (tertiary/aromatic N) is 4. The van der Waals surface area contributed by atoms with Gasteiger partial charge in [0.2, 0.25) is 5.71 Å². The maximum absolute atomic E-state index is 2.70. The summed E-state index contributed by atoms with van der Waals surface area (Å²) in [4.78, 5) is 7.41. The third-order valence-corrected chi connectivity index (χ3v) is 11.2. The first-order chi connectivity index (χ1) is 22.7. The number of fused-ring (bicyclic) bond motifs is 2. The van der Waals surface area contributed by atoms with Crippen molar-refractivity contribution in [3.05, 3.63) is 142 Å². The fraction of sp³-hybridized carbons (Fsp3) is 0.372. The molecule has 4 nitrogen and oxygen atoms in total. The fourth-order valence-corrected chi connectivity index (χ4v) is 8.58. The van der Waals surface area contributed by atoms with Crippen LogP contribution >= 0.6 is 0 Å².